The second-order valence-electron chi connectivity index (χ2n) is 7.79. The Morgan fingerprint density at radius 2 is 1.78 bits per heavy atom. The minimum atomic E-state index is -0.471. The number of carbonyl (C=O) groups excluding carboxylic acids is 1. The molecule has 132 valence electrons. The molecule has 0 aromatic heterocycles. The van der Waals surface area contributed by atoms with Gasteiger partial charge in [0.2, 0.25) is 5.91 Å². The highest BCUT2D eigenvalue weighted by molar-refractivity contribution is 5.84. The maximum absolute atomic E-state index is 12.1. The summed E-state index contributed by atoms with van der Waals surface area (Å²) in [5.41, 5.74) is 0.0622. The number of aliphatic imine (C=N–C) groups is 1. The van der Waals surface area contributed by atoms with Crippen LogP contribution in [0.15, 0.2) is 4.99 Å². The number of carbonyl (C=O) groups is 1. The van der Waals surface area contributed by atoms with Crippen molar-refractivity contribution in [3.63, 3.8) is 0 Å². The Kier molecular flexibility index (Phi) is 5.93. The molecule has 5 heteroatoms. The van der Waals surface area contributed by atoms with Crippen LogP contribution in [0.3, 0.4) is 0 Å². The van der Waals surface area contributed by atoms with Crippen LogP contribution in [-0.4, -0.2) is 49.5 Å². The van der Waals surface area contributed by atoms with E-state index in [1.807, 2.05) is 20.8 Å². The molecule has 2 fully saturated rings. The van der Waals surface area contributed by atoms with Crippen LogP contribution in [-0.2, 0) is 4.79 Å². The largest absolute Gasteiger partial charge is 0.357 e. The average Bonchev–Trinajstić information content (AvgIpc) is 3.14. The van der Waals surface area contributed by atoms with Gasteiger partial charge in [0.1, 0.15) is 0 Å². The summed E-state index contributed by atoms with van der Waals surface area (Å²) in [5.74, 6) is 1.06. The number of nitrogens with zero attached hydrogens (tertiary/aromatic N) is 2. The van der Waals surface area contributed by atoms with E-state index in [-0.39, 0.29) is 5.91 Å². The van der Waals surface area contributed by atoms with Gasteiger partial charge in [-0.1, -0.05) is 12.8 Å². The SMILES string of the molecule is CCNC(=O)C(C)(C)CN=C(NCC)N1CCC2(CCCC2)C1. The third-order valence-corrected chi connectivity index (χ3v) is 5.31. The number of nitrogens with one attached hydrogen (secondary N) is 2. The molecule has 0 unspecified atom stereocenters. The topological polar surface area (TPSA) is 56.7 Å². The van der Waals surface area contributed by atoms with Gasteiger partial charge in [-0.15, -0.1) is 0 Å². The molecule has 0 aromatic rings. The van der Waals surface area contributed by atoms with Gasteiger partial charge < -0.3 is 15.5 Å². The summed E-state index contributed by atoms with van der Waals surface area (Å²) in [7, 11) is 0. The predicted molar refractivity (Wildman–Crippen MR) is 95.5 cm³/mol. The first-order valence-corrected chi connectivity index (χ1v) is 9.24. The molecule has 0 radical (unpaired) electrons. The lowest BCUT2D eigenvalue weighted by molar-refractivity contribution is -0.128. The van der Waals surface area contributed by atoms with Crippen LogP contribution in [0, 0.1) is 10.8 Å². The first-order valence-electron chi connectivity index (χ1n) is 9.24. The molecule has 1 heterocycles. The summed E-state index contributed by atoms with van der Waals surface area (Å²) >= 11 is 0. The van der Waals surface area contributed by atoms with Crippen molar-refractivity contribution in [3.05, 3.63) is 0 Å². The monoisotopic (exact) mass is 322 g/mol. The van der Waals surface area contributed by atoms with Crippen LogP contribution in [0.5, 0.6) is 0 Å². The molecule has 1 aliphatic carbocycles. The van der Waals surface area contributed by atoms with Gasteiger partial charge in [0, 0.05) is 26.2 Å². The van der Waals surface area contributed by atoms with Gasteiger partial charge in [0.15, 0.2) is 5.96 Å². The molecule has 1 spiro atoms. The van der Waals surface area contributed by atoms with E-state index in [2.05, 4.69) is 22.5 Å². The van der Waals surface area contributed by atoms with Gasteiger partial charge in [-0.3, -0.25) is 9.79 Å². The Morgan fingerprint density at radius 3 is 2.39 bits per heavy atom. The minimum absolute atomic E-state index is 0.0771. The van der Waals surface area contributed by atoms with Crippen molar-refractivity contribution in [1.82, 2.24) is 15.5 Å². The van der Waals surface area contributed by atoms with Crippen molar-refractivity contribution in [1.29, 1.82) is 0 Å². The molecule has 2 rings (SSSR count). The average molecular weight is 322 g/mol. The van der Waals surface area contributed by atoms with E-state index in [0.717, 1.165) is 25.6 Å². The first-order chi connectivity index (χ1) is 10.9. The second kappa shape index (κ2) is 7.54. The molecule has 2 aliphatic rings. The van der Waals surface area contributed by atoms with E-state index < -0.39 is 5.41 Å². The van der Waals surface area contributed by atoms with Crippen molar-refractivity contribution in [2.45, 2.75) is 59.8 Å². The van der Waals surface area contributed by atoms with Gasteiger partial charge in [-0.25, -0.2) is 0 Å². The van der Waals surface area contributed by atoms with Gasteiger partial charge in [0.05, 0.1) is 12.0 Å². The first kappa shape index (κ1) is 18.1. The lowest BCUT2D eigenvalue weighted by Gasteiger charge is -2.27. The predicted octanol–water partition coefficient (Wildman–Crippen LogP) is 2.38. The van der Waals surface area contributed by atoms with Crippen LogP contribution < -0.4 is 10.6 Å². The van der Waals surface area contributed by atoms with Crippen molar-refractivity contribution >= 4 is 11.9 Å². The van der Waals surface area contributed by atoms with E-state index in [1.165, 1.54) is 32.1 Å². The van der Waals surface area contributed by atoms with Crippen LogP contribution in [0.25, 0.3) is 0 Å². The van der Waals surface area contributed by atoms with E-state index in [9.17, 15) is 4.79 Å². The highest BCUT2D eigenvalue weighted by atomic mass is 16.2. The van der Waals surface area contributed by atoms with Crippen molar-refractivity contribution in [3.8, 4) is 0 Å². The van der Waals surface area contributed by atoms with Crippen molar-refractivity contribution in [2.24, 2.45) is 15.8 Å². The summed E-state index contributed by atoms with van der Waals surface area (Å²) in [6.07, 6.45) is 6.79. The third-order valence-electron chi connectivity index (χ3n) is 5.31. The Morgan fingerprint density at radius 1 is 1.13 bits per heavy atom. The Hall–Kier alpha value is -1.26. The highest BCUT2D eigenvalue weighted by Crippen LogP contribution is 2.45. The highest BCUT2D eigenvalue weighted by Gasteiger charge is 2.41. The number of hydrogen-bond donors (Lipinski definition) is 2. The summed E-state index contributed by atoms with van der Waals surface area (Å²) in [6.45, 7) is 12.3. The van der Waals surface area contributed by atoms with E-state index in [1.54, 1.807) is 0 Å². The zero-order valence-electron chi connectivity index (χ0n) is 15.4. The van der Waals surface area contributed by atoms with E-state index in [0.29, 0.717) is 18.5 Å². The smallest absolute Gasteiger partial charge is 0.227 e. The number of likely N-dealkylation sites (tertiary alicyclic amines) is 1. The Balaban J connectivity index is 2.01. The number of guanidine groups is 1. The molecule has 1 aliphatic heterocycles. The zero-order chi connectivity index (χ0) is 16.9. The van der Waals surface area contributed by atoms with E-state index >= 15 is 0 Å². The second-order valence-corrected chi connectivity index (χ2v) is 7.79. The number of rotatable bonds is 5. The summed E-state index contributed by atoms with van der Waals surface area (Å²) < 4.78 is 0. The molecule has 23 heavy (non-hydrogen) atoms. The lowest BCUT2D eigenvalue weighted by atomic mass is 9.86. The molecule has 0 bridgehead atoms. The van der Waals surface area contributed by atoms with Crippen LogP contribution >= 0.6 is 0 Å². The van der Waals surface area contributed by atoms with Gasteiger partial charge in [-0.05, 0) is 52.4 Å². The van der Waals surface area contributed by atoms with Crippen LogP contribution in [0.4, 0.5) is 0 Å². The number of amides is 1. The third kappa shape index (κ3) is 4.39. The fourth-order valence-electron chi connectivity index (χ4n) is 3.82. The normalized spacial score (nSPS) is 21.0. The van der Waals surface area contributed by atoms with Gasteiger partial charge >= 0.3 is 0 Å². The molecular formula is C18H34N4O. The summed E-state index contributed by atoms with van der Waals surface area (Å²) in [4.78, 5) is 19.3. The lowest BCUT2D eigenvalue weighted by Crippen LogP contribution is -2.43. The summed E-state index contributed by atoms with van der Waals surface area (Å²) in [6, 6.07) is 0. The van der Waals surface area contributed by atoms with Crippen molar-refractivity contribution in [2.75, 3.05) is 32.7 Å². The molecule has 0 atom stereocenters. The molecule has 1 saturated carbocycles. The molecule has 1 saturated heterocycles. The fourth-order valence-corrected chi connectivity index (χ4v) is 3.82. The number of hydrogen-bond acceptors (Lipinski definition) is 2. The van der Waals surface area contributed by atoms with E-state index in [4.69, 9.17) is 4.99 Å². The van der Waals surface area contributed by atoms with Crippen LogP contribution in [0.2, 0.25) is 0 Å². The minimum Gasteiger partial charge on any atom is -0.357 e. The van der Waals surface area contributed by atoms with Crippen molar-refractivity contribution < 1.29 is 4.79 Å². The Labute approximate surface area is 141 Å². The maximum Gasteiger partial charge on any atom is 0.227 e. The standard InChI is InChI=1S/C18H34N4O/c1-5-19-15(23)17(3,4)13-21-16(20-6-2)22-12-11-18(14-22)9-7-8-10-18/h5-14H2,1-4H3,(H,19,23)(H,20,21). The van der Waals surface area contributed by atoms with Crippen LogP contribution in [0.1, 0.15) is 59.8 Å². The molecule has 2 N–H and O–H groups in total. The Bertz CT molecular complexity index is 438. The van der Waals surface area contributed by atoms with Gasteiger partial charge in [0.25, 0.3) is 0 Å². The molecule has 0 aromatic carbocycles. The molecule has 1 amide bonds. The fraction of sp³-hybridized carbons (Fsp3) is 0.889. The van der Waals surface area contributed by atoms with Gasteiger partial charge in [-0.2, -0.15) is 0 Å². The quantitative estimate of drug-likeness (QED) is 0.603. The molecular weight excluding hydrogens is 288 g/mol. The zero-order valence-corrected chi connectivity index (χ0v) is 15.4. The maximum atomic E-state index is 12.1. The molecule has 5 nitrogen and oxygen atoms in total. The summed E-state index contributed by atoms with van der Waals surface area (Å²) in [5, 5.41) is 6.33.